The van der Waals surface area contributed by atoms with Crippen LogP contribution in [0.3, 0.4) is 0 Å². The summed E-state index contributed by atoms with van der Waals surface area (Å²) in [4.78, 5) is 12.1. The molecule has 3 N–H and O–H groups in total. The quantitative estimate of drug-likeness (QED) is 0.905. The first-order valence-electron chi connectivity index (χ1n) is 6.25. The number of amides is 1. The van der Waals surface area contributed by atoms with Crippen LogP contribution in [-0.2, 0) is 12.1 Å². The van der Waals surface area contributed by atoms with Crippen LogP contribution in [0.5, 0.6) is 0 Å². The van der Waals surface area contributed by atoms with Gasteiger partial charge in [0, 0.05) is 12.1 Å². The Balaban J connectivity index is 2.13. The molecule has 0 spiro atoms. The highest BCUT2D eigenvalue weighted by molar-refractivity contribution is 5.95. The van der Waals surface area contributed by atoms with Crippen LogP contribution >= 0.6 is 0 Å². The molecule has 0 aliphatic carbocycles. The van der Waals surface area contributed by atoms with Gasteiger partial charge in [0.1, 0.15) is 29.2 Å². The van der Waals surface area contributed by atoms with Gasteiger partial charge < -0.3 is 15.6 Å². The topological polar surface area (TPSA) is 81.2 Å². The lowest BCUT2D eigenvalue weighted by Crippen LogP contribution is -2.33. The summed E-state index contributed by atoms with van der Waals surface area (Å²) >= 11 is 0. The van der Waals surface area contributed by atoms with E-state index in [-0.39, 0.29) is 17.7 Å². The average molecular weight is 295 g/mol. The maximum atomic E-state index is 13.5. The Bertz CT molecular complexity index is 662. The van der Waals surface area contributed by atoms with Crippen LogP contribution < -0.4 is 11.1 Å². The van der Waals surface area contributed by atoms with E-state index in [1.54, 1.807) is 13.8 Å². The molecule has 5 nitrogen and oxygen atoms in total. The largest absolute Gasteiger partial charge is 0.364 e. The Morgan fingerprint density at radius 1 is 1.43 bits per heavy atom. The molecule has 0 aliphatic heterocycles. The van der Waals surface area contributed by atoms with E-state index in [2.05, 4.69) is 10.5 Å². The predicted molar refractivity (Wildman–Crippen MR) is 71.2 cm³/mol. The van der Waals surface area contributed by atoms with Crippen LogP contribution in [0.25, 0.3) is 0 Å². The highest BCUT2D eigenvalue weighted by Gasteiger charge is 2.26. The van der Waals surface area contributed by atoms with E-state index < -0.39 is 23.1 Å². The van der Waals surface area contributed by atoms with Crippen LogP contribution in [0, 0.1) is 11.6 Å². The highest BCUT2D eigenvalue weighted by atomic mass is 19.1. The summed E-state index contributed by atoms with van der Waals surface area (Å²) in [5.41, 5.74) is 5.53. The number of aromatic nitrogens is 1. The summed E-state index contributed by atoms with van der Waals surface area (Å²) in [5, 5.41) is 6.18. The van der Waals surface area contributed by atoms with Gasteiger partial charge in [-0.1, -0.05) is 5.16 Å². The summed E-state index contributed by atoms with van der Waals surface area (Å²) in [6.45, 7) is 3.19. The molecule has 1 amide bonds. The van der Waals surface area contributed by atoms with Gasteiger partial charge in [0.25, 0.3) is 5.91 Å². The van der Waals surface area contributed by atoms with Gasteiger partial charge in [-0.2, -0.15) is 0 Å². The molecular weight excluding hydrogens is 280 g/mol. The van der Waals surface area contributed by atoms with Crippen molar-refractivity contribution in [2.75, 3.05) is 0 Å². The van der Waals surface area contributed by atoms with E-state index >= 15 is 0 Å². The Morgan fingerprint density at radius 2 is 2.14 bits per heavy atom. The van der Waals surface area contributed by atoms with Crippen LogP contribution in [0.2, 0.25) is 0 Å². The molecule has 0 radical (unpaired) electrons. The third-order valence-electron chi connectivity index (χ3n) is 2.87. The third kappa shape index (κ3) is 3.43. The first-order valence-corrected chi connectivity index (χ1v) is 6.25. The van der Waals surface area contributed by atoms with E-state index in [0.717, 1.165) is 18.2 Å². The number of halogens is 2. The molecular formula is C14H15F2N3O2. The molecule has 0 saturated carbocycles. The monoisotopic (exact) mass is 295 g/mol. The van der Waals surface area contributed by atoms with E-state index in [1.165, 1.54) is 6.26 Å². The fourth-order valence-electron chi connectivity index (χ4n) is 1.81. The minimum Gasteiger partial charge on any atom is -0.364 e. The second-order valence-electron chi connectivity index (χ2n) is 5.22. The van der Waals surface area contributed by atoms with Crippen molar-refractivity contribution in [1.29, 1.82) is 0 Å². The first-order chi connectivity index (χ1) is 9.79. The zero-order valence-corrected chi connectivity index (χ0v) is 11.6. The van der Waals surface area contributed by atoms with E-state index in [1.807, 2.05) is 0 Å². The van der Waals surface area contributed by atoms with E-state index in [0.29, 0.717) is 5.69 Å². The second-order valence-corrected chi connectivity index (χ2v) is 5.22. The standard InChI is InChI=1S/C14H15F2N3O2/c1-14(2,17)12-10(7-21-19-12)13(20)18-6-8-5-9(15)3-4-11(8)16/h3-5,7H,6,17H2,1-2H3,(H,18,20). The number of benzene rings is 1. The number of rotatable bonds is 4. The lowest BCUT2D eigenvalue weighted by atomic mass is 9.98. The van der Waals surface area contributed by atoms with Crippen molar-refractivity contribution in [2.24, 2.45) is 5.73 Å². The van der Waals surface area contributed by atoms with Gasteiger partial charge >= 0.3 is 0 Å². The van der Waals surface area contributed by atoms with Gasteiger partial charge in [-0.25, -0.2) is 8.78 Å². The van der Waals surface area contributed by atoms with Gasteiger partial charge in [0.15, 0.2) is 0 Å². The van der Waals surface area contributed by atoms with Crippen molar-refractivity contribution in [1.82, 2.24) is 10.5 Å². The Labute approximate surface area is 120 Å². The molecule has 21 heavy (non-hydrogen) atoms. The van der Waals surface area contributed by atoms with Gasteiger partial charge in [-0.3, -0.25) is 4.79 Å². The van der Waals surface area contributed by atoms with Crippen molar-refractivity contribution < 1.29 is 18.1 Å². The van der Waals surface area contributed by atoms with Gasteiger partial charge in [-0.05, 0) is 32.0 Å². The Morgan fingerprint density at radius 3 is 2.81 bits per heavy atom. The first kappa shape index (κ1) is 15.1. The van der Waals surface area contributed by atoms with Crippen LogP contribution in [-0.4, -0.2) is 11.1 Å². The molecule has 1 aromatic heterocycles. The number of carbonyl (C=O) groups excluding carboxylic acids is 1. The van der Waals surface area contributed by atoms with Crippen LogP contribution in [0.1, 0.15) is 35.5 Å². The van der Waals surface area contributed by atoms with Crippen molar-refractivity contribution in [3.63, 3.8) is 0 Å². The second kappa shape index (κ2) is 5.61. The summed E-state index contributed by atoms with van der Waals surface area (Å²) in [6, 6.07) is 3.04. The van der Waals surface area contributed by atoms with Crippen molar-refractivity contribution in [2.45, 2.75) is 25.9 Å². The molecule has 2 aromatic rings. The highest BCUT2D eigenvalue weighted by Crippen LogP contribution is 2.19. The van der Waals surface area contributed by atoms with Crippen LogP contribution in [0.15, 0.2) is 29.0 Å². The van der Waals surface area contributed by atoms with E-state index in [9.17, 15) is 13.6 Å². The maximum absolute atomic E-state index is 13.5. The fourth-order valence-corrected chi connectivity index (χ4v) is 1.81. The lowest BCUT2D eigenvalue weighted by molar-refractivity contribution is 0.0947. The zero-order chi connectivity index (χ0) is 15.6. The average Bonchev–Trinajstić information content (AvgIpc) is 2.88. The van der Waals surface area contributed by atoms with Gasteiger partial charge in [0.05, 0.1) is 5.54 Å². The van der Waals surface area contributed by atoms with Gasteiger partial charge in [0.2, 0.25) is 0 Å². The fraction of sp³-hybridized carbons (Fsp3) is 0.286. The SMILES string of the molecule is CC(C)(N)c1nocc1C(=O)NCc1cc(F)ccc1F. The van der Waals surface area contributed by atoms with Crippen molar-refractivity contribution >= 4 is 5.91 Å². The molecule has 7 heteroatoms. The number of nitrogens with one attached hydrogen (secondary N) is 1. The molecule has 0 unspecified atom stereocenters. The van der Waals surface area contributed by atoms with Crippen molar-refractivity contribution in [3.8, 4) is 0 Å². The minimum atomic E-state index is -0.857. The molecule has 1 heterocycles. The molecule has 112 valence electrons. The molecule has 0 aliphatic rings. The number of carbonyl (C=O) groups is 1. The molecule has 0 bridgehead atoms. The van der Waals surface area contributed by atoms with Gasteiger partial charge in [-0.15, -0.1) is 0 Å². The minimum absolute atomic E-state index is 0.0494. The number of nitrogens with zero attached hydrogens (tertiary/aromatic N) is 1. The predicted octanol–water partition coefficient (Wildman–Crippen LogP) is 2.08. The Kier molecular flexibility index (Phi) is 4.04. The smallest absolute Gasteiger partial charge is 0.256 e. The molecule has 1 aromatic carbocycles. The third-order valence-corrected chi connectivity index (χ3v) is 2.87. The van der Waals surface area contributed by atoms with E-state index in [4.69, 9.17) is 10.3 Å². The summed E-state index contributed by atoms with van der Waals surface area (Å²) in [5.74, 6) is -1.69. The lowest BCUT2D eigenvalue weighted by Gasteiger charge is -2.16. The molecule has 2 rings (SSSR count). The summed E-state index contributed by atoms with van der Waals surface area (Å²) in [6.07, 6.45) is 1.17. The Hall–Kier alpha value is -2.28. The number of hydrogen-bond acceptors (Lipinski definition) is 4. The maximum Gasteiger partial charge on any atom is 0.256 e. The van der Waals surface area contributed by atoms with Crippen molar-refractivity contribution in [3.05, 3.63) is 52.9 Å². The molecule has 0 saturated heterocycles. The zero-order valence-electron chi connectivity index (χ0n) is 11.6. The molecule has 0 fully saturated rings. The number of hydrogen-bond donors (Lipinski definition) is 2. The normalized spacial score (nSPS) is 11.5. The summed E-state index contributed by atoms with van der Waals surface area (Å²) in [7, 11) is 0. The molecule has 0 atom stereocenters. The summed E-state index contributed by atoms with van der Waals surface area (Å²) < 4.78 is 31.3. The van der Waals surface area contributed by atoms with Crippen LogP contribution in [0.4, 0.5) is 8.78 Å². The number of nitrogens with two attached hydrogens (primary N) is 1.